The number of nitrogens with zero attached hydrogens (tertiary/aromatic N) is 4. The molecule has 0 spiro atoms. The summed E-state index contributed by atoms with van der Waals surface area (Å²) in [7, 11) is 4.01. The molecular weight excluding hydrogens is 386 g/mol. The average Bonchev–Trinajstić information content (AvgIpc) is 2.80. The first-order chi connectivity index (χ1) is 15.1. The number of phenols is 1. The molecule has 6 nitrogen and oxygen atoms in total. The lowest BCUT2D eigenvalue weighted by molar-refractivity contribution is 0.477. The summed E-state index contributed by atoms with van der Waals surface area (Å²) < 4.78 is 0. The third-order valence-corrected chi connectivity index (χ3v) is 4.76. The second-order valence-electron chi connectivity index (χ2n) is 7.20. The van der Waals surface area contributed by atoms with Crippen LogP contribution in [-0.4, -0.2) is 35.4 Å². The van der Waals surface area contributed by atoms with E-state index in [4.69, 9.17) is 0 Å². The highest BCUT2D eigenvalue weighted by molar-refractivity contribution is 5.81. The van der Waals surface area contributed by atoms with Gasteiger partial charge in [-0.25, -0.2) is 15.4 Å². The summed E-state index contributed by atoms with van der Waals surface area (Å²) in [5, 5.41) is 14.6. The Morgan fingerprint density at radius 2 is 1.52 bits per heavy atom. The number of aromatic nitrogens is 2. The van der Waals surface area contributed by atoms with Crippen molar-refractivity contribution >= 4 is 17.9 Å². The van der Waals surface area contributed by atoms with E-state index < -0.39 is 0 Å². The zero-order valence-electron chi connectivity index (χ0n) is 17.4. The quantitative estimate of drug-likeness (QED) is 0.345. The van der Waals surface area contributed by atoms with Crippen LogP contribution in [-0.2, 0) is 0 Å². The first kappa shape index (κ1) is 20.1. The molecule has 0 fully saturated rings. The predicted octanol–water partition coefficient (Wildman–Crippen LogP) is 5.03. The van der Waals surface area contributed by atoms with Crippen molar-refractivity contribution in [2.45, 2.75) is 0 Å². The molecule has 0 saturated heterocycles. The Balaban J connectivity index is 1.65. The Labute approximate surface area is 181 Å². The van der Waals surface area contributed by atoms with Gasteiger partial charge in [-0.1, -0.05) is 54.6 Å². The van der Waals surface area contributed by atoms with E-state index in [1.54, 1.807) is 18.3 Å². The monoisotopic (exact) mass is 409 g/mol. The van der Waals surface area contributed by atoms with Crippen LogP contribution in [0.25, 0.3) is 22.5 Å². The van der Waals surface area contributed by atoms with E-state index in [-0.39, 0.29) is 5.75 Å². The van der Waals surface area contributed by atoms with Crippen LogP contribution >= 0.6 is 0 Å². The Morgan fingerprint density at radius 3 is 2.23 bits per heavy atom. The van der Waals surface area contributed by atoms with Crippen molar-refractivity contribution < 1.29 is 5.11 Å². The standard InChI is InChI=1S/C25H23N5O/c1-30(2)20-14-12-18(13-15-20)17-26-29-25-27-22(19-8-4-3-5-9-19)16-23(28-25)21-10-6-7-11-24(21)31/h3-17,31H,1-2H3,(H,27,28,29). The molecule has 4 rings (SSSR count). The van der Waals surface area contributed by atoms with Crippen LogP contribution in [0.1, 0.15) is 5.56 Å². The zero-order valence-corrected chi connectivity index (χ0v) is 17.4. The first-order valence-electron chi connectivity index (χ1n) is 9.89. The largest absolute Gasteiger partial charge is 0.507 e. The second kappa shape index (κ2) is 9.09. The Hall–Kier alpha value is -4.19. The molecule has 0 unspecified atom stereocenters. The number of hydrogen-bond acceptors (Lipinski definition) is 6. The van der Waals surface area contributed by atoms with E-state index in [1.807, 2.05) is 91.8 Å². The van der Waals surface area contributed by atoms with Gasteiger partial charge in [0.15, 0.2) is 0 Å². The smallest absolute Gasteiger partial charge is 0.244 e. The van der Waals surface area contributed by atoms with Gasteiger partial charge in [-0.05, 0) is 35.9 Å². The van der Waals surface area contributed by atoms with E-state index in [0.717, 1.165) is 22.5 Å². The van der Waals surface area contributed by atoms with Crippen LogP contribution in [0.15, 0.2) is 90.0 Å². The van der Waals surface area contributed by atoms with Crippen molar-refractivity contribution in [1.82, 2.24) is 9.97 Å². The van der Waals surface area contributed by atoms with Crippen LogP contribution in [0.4, 0.5) is 11.6 Å². The second-order valence-corrected chi connectivity index (χ2v) is 7.20. The van der Waals surface area contributed by atoms with Gasteiger partial charge in [-0.2, -0.15) is 5.10 Å². The molecule has 0 atom stereocenters. The normalized spacial score (nSPS) is 10.9. The molecule has 1 aromatic heterocycles. The fourth-order valence-corrected chi connectivity index (χ4v) is 3.11. The molecule has 0 aliphatic rings. The van der Waals surface area contributed by atoms with Crippen LogP contribution in [0.5, 0.6) is 5.75 Å². The first-order valence-corrected chi connectivity index (χ1v) is 9.89. The summed E-state index contributed by atoms with van der Waals surface area (Å²) in [5.74, 6) is 0.511. The lowest BCUT2D eigenvalue weighted by Crippen LogP contribution is -2.08. The van der Waals surface area contributed by atoms with E-state index in [2.05, 4.69) is 20.5 Å². The Bertz CT molecular complexity index is 1190. The average molecular weight is 409 g/mol. The minimum atomic E-state index is 0.163. The van der Waals surface area contributed by atoms with Crippen molar-refractivity contribution in [3.05, 3.63) is 90.5 Å². The van der Waals surface area contributed by atoms with Crippen LogP contribution in [0, 0.1) is 0 Å². The summed E-state index contributed by atoms with van der Waals surface area (Å²) in [5.41, 5.74) is 7.94. The maximum absolute atomic E-state index is 10.3. The van der Waals surface area contributed by atoms with E-state index in [9.17, 15) is 5.11 Å². The Morgan fingerprint density at radius 1 is 0.839 bits per heavy atom. The van der Waals surface area contributed by atoms with Crippen LogP contribution < -0.4 is 10.3 Å². The summed E-state index contributed by atoms with van der Waals surface area (Å²) in [4.78, 5) is 11.2. The fourth-order valence-electron chi connectivity index (χ4n) is 3.11. The van der Waals surface area contributed by atoms with Crippen molar-refractivity contribution in [2.75, 3.05) is 24.4 Å². The molecule has 0 saturated carbocycles. The van der Waals surface area contributed by atoms with E-state index >= 15 is 0 Å². The summed E-state index contributed by atoms with van der Waals surface area (Å²) >= 11 is 0. The van der Waals surface area contributed by atoms with Gasteiger partial charge >= 0.3 is 0 Å². The van der Waals surface area contributed by atoms with Gasteiger partial charge in [0.05, 0.1) is 17.6 Å². The van der Waals surface area contributed by atoms with Crippen LogP contribution in [0.2, 0.25) is 0 Å². The molecule has 0 aliphatic heterocycles. The van der Waals surface area contributed by atoms with Gasteiger partial charge in [0.1, 0.15) is 5.75 Å². The fraction of sp³-hybridized carbons (Fsp3) is 0.0800. The lowest BCUT2D eigenvalue weighted by atomic mass is 10.1. The van der Waals surface area contributed by atoms with Gasteiger partial charge in [-0.3, -0.25) is 0 Å². The number of hydrazone groups is 1. The molecule has 31 heavy (non-hydrogen) atoms. The van der Waals surface area contributed by atoms with Crippen molar-refractivity contribution in [3.8, 4) is 28.3 Å². The number of aromatic hydroxyl groups is 1. The van der Waals surface area contributed by atoms with Gasteiger partial charge in [0, 0.05) is 30.9 Å². The van der Waals surface area contributed by atoms with Crippen molar-refractivity contribution in [3.63, 3.8) is 0 Å². The third-order valence-electron chi connectivity index (χ3n) is 4.76. The number of nitrogens with one attached hydrogen (secondary N) is 1. The molecule has 0 bridgehead atoms. The SMILES string of the molecule is CN(C)c1ccc(C=NNc2nc(-c3ccccc3)cc(-c3ccccc3O)n2)cc1. The van der Waals surface area contributed by atoms with Gasteiger partial charge < -0.3 is 10.0 Å². The highest BCUT2D eigenvalue weighted by atomic mass is 16.3. The maximum Gasteiger partial charge on any atom is 0.244 e. The zero-order chi connectivity index (χ0) is 21.6. The molecule has 0 amide bonds. The number of benzene rings is 3. The molecule has 0 aliphatic carbocycles. The highest BCUT2D eigenvalue weighted by Crippen LogP contribution is 2.30. The number of para-hydroxylation sites is 1. The number of hydrogen-bond donors (Lipinski definition) is 2. The third kappa shape index (κ3) is 4.87. The van der Waals surface area contributed by atoms with Crippen molar-refractivity contribution in [1.29, 1.82) is 0 Å². The molecule has 1 heterocycles. The predicted molar refractivity (Wildman–Crippen MR) is 127 cm³/mol. The summed E-state index contributed by atoms with van der Waals surface area (Å²) in [6.07, 6.45) is 1.72. The minimum Gasteiger partial charge on any atom is -0.507 e. The summed E-state index contributed by atoms with van der Waals surface area (Å²) in [6, 6.07) is 26.9. The molecule has 2 N–H and O–H groups in total. The Kier molecular flexibility index (Phi) is 5.89. The van der Waals surface area contributed by atoms with Gasteiger partial charge in [0.2, 0.25) is 5.95 Å². The molecule has 4 aromatic rings. The molecule has 0 radical (unpaired) electrons. The van der Waals surface area contributed by atoms with Crippen LogP contribution in [0.3, 0.4) is 0 Å². The highest BCUT2D eigenvalue weighted by Gasteiger charge is 2.11. The number of anilines is 2. The van der Waals surface area contributed by atoms with E-state index in [0.29, 0.717) is 17.2 Å². The summed E-state index contributed by atoms with van der Waals surface area (Å²) in [6.45, 7) is 0. The molecule has 6 heteroatoms. The maximum atomic E-state index is 10.3. The number of rotatable bonds is 6. The number of phenolic OH excluding ortho intramolecular Hbond substituents is 1. The van der Waals surface area contributed by atoms with Gasteiger partial charge in [0.25, 0.3) is 0 Å². The molecule has 3 aromatic carbocycles. The van der Waals surface area contributed by atoms with Gasteiger partial charge in [-0.15, -0.1) is 0 Å². The topological polar surface area (TPSA) is 73.6 Å². The minimum absolute atomic E-state index is 0.163. The lowest BCUT2D eigenvalue weighted by Gasteiger charge is -2.11. The molecular formula is C25H23N5O. The van der Waals surface area contributed by atoms with E-state index in [1.165, 1.54) is 0 Å². The van der Waals surface area contributed by atoms with Crippen molar-refractivity contribution in [2.24, 2.45) is 5.10 Å². The molecule has 154 valence electrons.